The van der Waals surface area contributed by atoms with Crippen LogP contribution >= 0.6 is 0 Å². The number of nitrogens with zero attached hydrogens (tertiary/aromatic N) is 2. The molecule has 0 radical (unpaired) electrons. The predicted molar refractivity (Wildman–Crippen MR) is 150 cm³/mol. The van der Waals surface area contributed by atoms with Gasteiger partial charge in [-0.3, -0.25) is 4.99 Å². The first-order valence-electron chi connectivity index (χ1n) is 12.1. The Bertz CT molecular complexity index is 1370. The van der Waals surface area contributed by atoms with E-state index >= 15 is 0 Å². The minimum absolute atomic E-state index is 0.238. The van der Waals surface area contributed by atoms with Crippen LogP contribution in [-0.4, -0.2) is 17.0 Å². The molecule has 0 fully saturated rings. The maximum atomic E-state index is 4.82. The molecule has 2 heterocycles. The fourth-order valence-corrected chi connectivity index (χ4v) is 4.65. The molecule has 0 unspecified atom stereocenters. The van der Waals surface area contributed by atoms with Crippen molar-refractivity contribution in [1.29, 1.82) is 0 Å². The van der Waals surface area contributed by atoms with E-state index in [1.54, 1.807) is 0 Å². The summed E-state index contributed by atoms with van der Waals surface area (Å²) in [6.45, 7) is 10.4. The number of aliphatic imine (C=N–C) groups is 1. The van der Waals surface area contributed by atoms with E-state index in [9.17, 15) is 0 Å². The average molecular weight is 454 g/mol. The summed E-state index contributed by atoms with van der Waals surface area (Å²) in [5.41, 5.74) is 10.4. The zero-order chi connectivity index (χ0) is 24.8. The number of hydrogen-bond acceptors (Lipinski definition) is 1. The van der Waals surface area contributed by atoms with E-state index in [0.717, 1.165) is 22.8 Å². The Hall–Kier alpha value is -3.95. The molecule has 1 aliphatic rings. The standard InChI is InChI=1S/C32H31BN2/c1-24-22-26(3)34-31(24)28(5)32-25(2)23-27(4)35(32)33(20-12-18-29-14-8-6-9-15-29)21-13-19-30-16-10-7-11-17-30/h6-11,14-17,22-23H,18-19H2,1-5H3/b31-28-. The van der Waals surface area contributed by atoms with E-state index in [1.165, 1.54) is 27.8 Å². The van der Waals surface area contributed by atoms with Crippen LogP contribution in [0.25, 0.3) is 5.57 Å². The highest BCUT2D eigenvalue weighted by Gasteiger charge is 2.23. The van der Waals surface area contributed by atoms with E-state index in [-0.39, 0.29) is 6.85 Å². The zero-order valence-electron chi connectivity index (χ0n) is 21.3. The summed E-state index contributed by atoms with van der Waals surface area (Å²) in [4.78, 5) is 4.82. The highest BCUT2D eigenvalue weighted by Crippen LogP contribution is 2.31. The summed E-state index contributed by atoms with van der Waals surface area (Å²) in [5.74, 6) is 13.8. The molecule has 0 amide bonds. The molecule has 0 saturated heterocycles. The van der Waals surface area contributed by atoms with Crippen molar-refractivity contribution in [2.75, 3.05) is 0 Å². The topological polar surface area (TPSA) is 17.3 Å². The third-order valence-corrected chi connectivity index (χ3v) is 6.22. The van der Waals surface area contributed by atoms with Crippen molar-refractivity contribution in [3.05, 3.63) is 112 Å². The van der Waals surface area contributed by atoms with Crippen LogP contribution in [0.1, 0.15) is 48.8 Å². The van der Waals surface area contributed by atoms with Gasteiger partial charge in [0.25, 0.3) is 0 Å². The van der Waals surface area contributed by atoms with Gasteiger partial charge in [-0.2, -0.15) is 0 Å². The number of aromatic nitrogens is 1. The van der Waals surface area contributed by atoms with Crippen LogP contribution in [-0.2, 0) is 12.8 Å². The number of hydrogen-bond donors (Lipinski definition) is 0. The second kappa shape index (κ2) is 11.0. The van der Waals surface area contributed by atoms with Crippen LogP contribution in [0.3, 0.4) is 0 Å². The first-order valence-corrected chi connectivity index (χ1v) is 12.1. The van der Waals surface area contributed by atoms with Gasteiger partial charge in [0, 0.05) is 29.9 Å². The van der Waals surface area contributed by atoms with Crippen molar-refractivity contribution < 1.29 is 0 Å². The molecule has 3 aromatic rings. The van der Waals surface area contributed by atoms with Crippen LogP contribution in [0.2, 0.25) is 0 Å². The smallest absolute Gasteiger partial charge is 0.366 e. The molecule has 3 heteroatoms. The van der Waals surface area contributed by atoms with Gasteiger partial charge >= 0.3 is 6.85 Å². The van der Waals surface area contributed by atoms with Gasteiger partial charge in [0.2, 0.25) is 0 Å². The van der Waals surface area contributed by atoms with Gasteiger partial charge < -0.3 is 4.48 Å². The lowest BCUT2D eigenvalue weighted by Crippen LogP contribution is -2.25. The van der Waals surface area contributed by atoms with E-state index in [4.69, 9.17) is 4.99 Å². The van der Waals surface area contributed by atoms with Crippen molar-refractivity contribution in [1.82, 2.24) is 4.48 Å². The van der Waals surface area contributed by atoms with Crippen LogP contribution < -0.4 is 0 Å². The van der Waals surface area contributed by atoms with Gasteiger partial charge in [-0.1, -0.05) is 60.7 Å². The van der Waals surface area contributed by atoms with E-state index in [0.29, 0.717) is 12.8 Å². The summed E-state index contributed by atoms with van der Waals surface area (Å²) in [7, 11) is 0. The van der Waals surface area contributed by atoms with Crippen molar-refractivity contribution in [3.63, 3.8) is 0 Å². The second-order valence-corrected chi connectivity index (χ2v) is 9.11. The number of allylic oxidation sites excluding steroid dienone is 3. The highest BCUT2D eigenvalue weighted by atomic mass is 14.9. The maximum Gasteiger partial charge on any atom is 0.433 e. The average Bonchev–Trinajstić information content (AvgIpc) is 3.35. The minimum atomic E-state index is -0.238. The summed E-state index contributed by atoms with van der Waals surface area (Å²) >= 11 is 0. The summed E-state index contributed by atoms with van der Waals surface area (Å²) in [6.07, 6.45) is 3.56. The van der Waals surface area contributed by atoms with Crippen LogP contribution in [0, 0.1) is 37.3 Å². The van der Waals surface area contributed by atoms with Gasteiger partial charge in [0.05, 0.1) is 5.70 Å². The number of aryl methyl sites for hydroxylation is 2. The van der Waals surface area contributed by atoms with Gasteiger partial charge in [0.15, 0.2) is 0 Å². The normalized spacial score (nSPS) is 13.7. The molecular weight excluding hydrogens is 423 g/mol. The molecule has 0 N–H and O–H groups in total. The Labute approximate surface area is 210 Å². The van der Waals surface area contributed by atoms with Gasteiger partial charge in [-0.25, -0.2) is 0 Å². The summed E-state index contributed by atoms with van der Waals surface area (Å²) < 4.78 is 2.30. The molecule has 0 saturated carbocycles. The Balaban J connectivity index is 1.76. The summed E-state index contributed by atoms with van der Waals surface area (Å²) in [5, 5.41) is 0. The minimum Gasteiger partial charge on any atom is -0.366 e. The lowest BCUT2D eigenvalue weighted by Gasteiger charge is -2.15. The molecule has 1 aromatic heterocycles. The summed E-state index contributed by atoms with van der Waals surface area (Å²) in [6, 6.07) is 23.0. The number of benzene rings is 2. The van der Waals surface area contributed by atoms with Crippen molar-refractivity contribution in [2.24, 2.45) is 4.99 Å². The van der Waals surface area contributed by atoms with Crippen LogP contribution in [0.5, 0.6) is 0 Å². The maximum absolute atomic E-state index is 4.82. The quantitative estimate of drug-likeness (QED) is 0.310. The Morgan fingerprint density at radius 2 is 1.37 bits per heavy atom. The molecule has 172 valence electrons. The van der Waals surface area contributed by atoms with Gasteiger partial charge in [0.1, 0.15) is 0 Å². The van der Waals surface area contributed by atoms with E-state index < -0.39 is 0 Å². The molecule has 1 aliphatic heterocycles. The Morgan fingerprint density at radius 1 is 0.829 bits per heavy atom. The van der Waals surface area contributed by atoms with Crippen molar-refractivity contribution in [2.45, 2.75) is 47.5 Å². The SMILES string of the molecule is CC1=CC(C)=N/C1=C(/C)c1c(C)cc(C)n1B(C#CCc1ccccc1)C#CCc1ccccc1. The monoisotopic (exact) mass is 454 g/mol. The van der Waals surface area contributed by atoms with E-state index in [2.05, 4.69) is 116 Å². The van der Waals surface area contributed by atoms with Gasteiger partial charge in [-0.05, 0) is 74.6 Å². The number of rotatable bonds is 4. The van der Waals surface area contributed by atoms with Crippen molar-refractivity contribution >= 4 is 18.1 Å². The molecule has 35 heavy (non-hydrogen) atoms. The Morgan fingerprint density at radius 3 is 1.86 bits per heavy atom. The Kier molecular flexibility index (Phi) is 7.59. The molecule has 4 rings (SSSR count). The fourth-order valence-electron chi connectivity index (χ4n) is 4.65. The highest BCUT2D eigenvalue weighted by molar-refractivity contribution is 6.74. The first kappa shape index (κ1) is 24.2. The molecule has 0 atom stereocenters. The third kappa shape index (κ3) is 5.77. The third-order valence-electron chi connectivity index (χ3n) is 6.22. The second-order valence-electron chi connectivity index (χ2n) is 9.11. The predicted octanol–water partition coefficient (Wildman–Crippen LogP) is 6.67. The zero-order valence-corrected chi connectivity index (χ0v) is 21.3. The first-order chi connectivity index (χ1) is 16.9. The molecular formula is C32H31BN2. The van der Waals surface area contributed by atoms with Gasteiger partial charge in [-0.15, -0.1) is 23.5 Å². The van der Waals surface area contributed by atoms with Crippen molar-refractivity contribution in [3.8, 4) is 23.5 Å². The fraction of sp³-hybridized carbons (Fsp3) is 0.219. The molecule has 2 aromatic carbocycles. The van der Waals surface area contributed by atoms with Crippen LogP contribution in [0.4, 0.5) is 0 Å². The lowest BCUT2D eigenvalue weighted by molar-refractivity contribution is 1.09. The molecule has 0 spiro atoms. The van der Waals surface area contributed by atoms with E-state index in [1.807, 2.05) is 19.1 Å². The molecule has 0 aliphatic carbocycles. The van der Waals surface area contributed by atoms with Crippen LogP contribution in [0.15, 0.2) is 89.1 Å². The molecule has 2 nitrogen and oxygen atoms in total. The lowest BCUT2D eigenvalue weighted by atomic mass is 9.63. The molecule has 0 bridgehead atoms. The largest absolute Gasteiger partial charge is 0.433 e.